The Balaban J connectivity index is 1.55. The van der Waals surface area contributed by atoms with Crippen molar-refractivity contribution in [3.8, 4) is 5.75 Å². The lowest BCUT2D eigenvalue weighted by molar-refractivity contribution is 0.0963. The van der Waals surface area contributed by atoms with Crippen molar-refractivity contribution < 1.29 is 14.2 Å². The normalized spacial score (nSPS) is 22.1. The second-order valence-electron chi connectivity index (χ2n) is 6.03. The number of hydrogen-bond acceptors (Lipinski definition) is 4. The van der Waals surface area contributed by atoms with E-state index in [0.717, 1.165) is 30.5 Å². The van der Waals surface area contributed by atoms with E-state index in [9.17, 15) is 0 Å². The van der Waals surface area contributed by atoms with Crippen LogP contribution in [0.1, 0.15) is 25.7 Å². The van der Waals surface area contributed by atoms with Gasteiger partial charge in [0, 0.05) is 12.8 Å². The first-order valence-corrected chi connectivity index (χ1v) is 8.37. The molecule has 0 N–H and O–H groups in total. The predicted molar refractivity (Wildman–Crippen MR) is 90.6 cm³/mol. The molecule has 1 unspecified atom stereocenters. The topological polar surface area (TPSA) is 30.9 Å². The van der Waals surface area contributed by atoms with Gasteiger partial charge in [-0.2, -0.15) is 0 Å². The molecule has 2 aliphatic rings. The van der Waals surface area contributed by atoms with Gasteiger partial charge in [0.15, 0.2) is 0 Å². The number of ether oxygens (including phenoxy) is 3. The van der Waals surface area contributed by atoms with Gasteiger partial charge in [-0.25, -0.2) is 0 Å². The molecule has 2 fully saturated rings. The van der Waals surface area contributed by atoms with Crippen LogP contribution in [0, 0.1) is 5.92 Å². The average molecular weight is 321 g/mol. The molecule has 0 amide bonds. The van der Waals surface area contributed by atoms with Crippen molar-refractivity contribution in [1.82, 2.24) is 0 Å². The molecule has 1 atom stereocenters. The smallest absolute Gasteiger partial charge is 0.264 e. The van der Waals surface area contributed by atoms with Crippen LogP contribution in [0.5, 0.6) is 5.75 Å². The number of anilines is 1. The highest BCUT2D eigenvalue weighted by atomic mass is 32.1. The molecule has 1 aromatic carbocycles. The van der Waals surface area contributed by atoms with Gasteiger partial charge >= 0.3 is 0 Å². The summed E-state index contributed by atoms with van der Waals surface area (Å²) < 4.78 is 16.6. The molecule has 0 spiro atoms. The Morgan fingerprint density at radius 3 is 2.59 bits per heavy atom. The lowest BCUT2D eigenvalue weighted by atomic mass is 10.1. The van der Waals surface area contributed by atoms with Crippen LogP contribution in [0.25, 0.3) is 0 Å². The zero-order valence-corrected chi connectivity index (χ0v) is 13.8. The van der Waals surface area contributed by atoms with Crippen LogP contribution < -0.4 is 9.64 Å². The minimum absolute atomic E-state index is 0.00999. The molecule has 0 radical (unpaired) electrons. The summed E-state index contributed by atoms with van der Waals surface area (Å²) in [5, 5.41) is 0.515. The summed E-state index contributed by atoms with van der Waals surface area (Å²) in [6.07, 6.45) is 5.32. The van der Waals surface area contributed by atoms with Crippen LogP contribution in [-0.4, -0.2) is 38.1 Å². The summed E-state index contributed by atoms with van der Waals surface area (Å²) in [7, 11) is 1.67. The van der Waals surface area contributed by atoms with Gasteiger partial charge in [0.1, 0.15) is 11.9 Å². The van der Waals surface area contributed by atoms with E-state index in [0.29, 0.717) is 11.8 Å². The quantitative estimate of drug-likeness (QED) is 0.750. The molecule has 3 rings (SSSR count). The molecular weight excluding hydrogens is 298 g/mol. The number of rotatable bonds is 6. The van der Waals surface area contributed by atoms with Crippen LogP contribution in [0.15, 0.2) is 24.3 Å². The predicted octanol–water partition coefficient (Wildman–Crippen LogP) is 3.39. The van der Waals surface area contributed by atoms with Crippen molar-refractivity contribution >= 4 is 23.1 Å². The van der Waals surface area contributed by atoms with E-state index in [1.54, 1.807) is 7.11 Å². The highest BCUT2D eigenvalue weighted by Crippen LogP contribution is 2.27. The molecule has 4 nitrogen and oxygen atoms in total. The highest BCUT2D eigenvalue weighted by molar-refractivity contribution is 7.80. The van der Waals surface area contributed by atoms with Gasteiger partial charge in [-0.3, -0.25) is 4.90 Å². The molecule has 1 heterocycles. The third kappa shape index (κ3) is 3.70. The Kier molecular flexibility index (Phi) is 5.16. The van der Waals surface area contributed by atoms with Gasteiger partial charge in [-0.1, -0.05) is 12.8 Å². The average Bonchev–Trinajstić information content (AvgIpc) is 3.16. The maximum atomic E-state index is 5.89. The molecule has 120 valence electrons. The van der Waals surface area contributed by atoms with Crippen molar-refractivity contribution in [2.24, 2.45) is 5.92 Å². The third-order valence-corrected chi connectivity index (χ3v) is 4.65. The molecule has 1 saturated heterocycles. The summed E-state index contributed by atoms with van der Waals surface area (Å²) in [6, 6.07) is 8.09. The summed E-state index contributed by atoms with van der Waals surface area (Å²) in [6.45, 7) is 2.12. The molecule has 1 aromatic rings. The number of nitrogens with zero attached hydrogens (tertiary/aromatic N) is 1. The molecule has 1 aliphatic carbocycles. The van der Waals surface area contributed by atoms with Crippen molar-refractivity contribution in [3.05, 3.63) is 24.3 Å². The van der Waals surface area contributed by atoms with Gasteiger partial charge in [-0.05, 0) is 55.2 Å². The van der Waals surface area contributed by atoms with Crippen LogP contribution in [0.4, 0.5) is 5.69 Å². The second-order valence-corrected chi connectivity index (χ2v) is 6.38. The zero-order valence-electron chi connectivity index (χ0n) is 13.0. The Bertz CT molecular complexity index is 499. The standard InChI is InChI=1S/C17H23NO3S/c1-19-12-16-10-18(17(22)21-16)14-6-8-15(9-7-14)20-11-13-4-2-3-5-13/h6-9,13,16H,2-5,10-12H2,1H3. The van der Waals surface area contributed by atoms with Crippen molar-refractivity contribution in [3.63, 3.8) is 0 Å². The minimum Gasteiger partial charge on any atom is -0.493 e. The van der Waals surface area contributed by atoms with Crippen LogP contribution in [-0.2, 0) is 9.47 Å². The first-order chi connectivity index (χ1) is 10.8. The zero-order chi connectivity index (χ0) is 15.4. The van der Waals surface area contributed by atoms with Crippen LogP contribution in [0.2, 0.25) is 0 Å². The molecule has 1 saturated carbocycles. The summed E-state index contributed by atoms with van der Waals surface area (Å²) in [5.41, 5.74) is 1.04. The monoisotopic (exact) mass is 321 g/mol. The maximum Gasteiger partial charge on any atom is 0.264 e. The first kappa shape index (κ1) is 15.6. The van der Waals surface area contributed by atoms with Crippen molar-refractivity contribution in [2.45, 2.75) is 31.8 Å². The third-order valence-electron chi connectivity index (χ3n) is 4.34. The molecular formula is C17H23NO3S. The van der Waals surface area contributed by atoms with Gasteiger partial charge in [0.2, 0.25) is 0 Å². The molecule has 0 bridgehead atoms. The fourth-order valence-corrected chi connectivity index (χ4v) is 3.43. The van der Waals surface area contributed by atoms with Gasteiger partial charge in [0.05, 0.1) is 19.8 Å². The maximum absolute atomic E-state index is 5.89. The Morgan fingerprint density at radius 2 is 1.91 bits per heavy atom. The molecule has 0 aromatic heterocycles. The van der Waals surface area contributed by atoms with Crippen LogP contribution in [0.3, 0.4) is 0 Å². The SMILES string of the molecule is COCC1CN(c2ccc(OCC3CCCC3)cc2)C(=S)O1. The highest BCUT2D eigenvalue weighted by Gasteiger charge is 2.29. The first-order valence-electron chi connectivity index (χ1n) is 7.96. The Labute approximate surface area is 137 Å². The Hall–Kier alpha value is -1.33. The van der Waals surface area contributed by atoms with E-state index in [1.165, 1.54) is 25.7 Å². The van der Waals surface area contributed by atoms with E-state index in [1.807, 2.05) is 29.2 Å². The van der Waals surface area contributed by atoms with E-state index in [2.05, 4.69) is 0 Å². The van der Waals surface area contributed by atoms with Crippen molar-refractivity contribution in [2.75, 3.05) is 31.8 Å². The second kappa shape index (κ2) is 7.29. The summed E-state index contributed by atoms with van der Waals surface area (Å²) in [5.74, 6) is 1.66. The summed E-state index contributed by atoms with van der Waals surface area (Å²) >= 11 is 5.29. The van der Waals surface area contributed by atoms with Gasteiger partial charge in [0.25, 0.3) is 5.17 Å². The number of thiocarbonyl (C=S) groups is 1. The minimum atomic E-state index is 0.00999. The van der Waals surface area contributed by atoms with E-state index in [4.69, 9.17) is 26.4 Å². The lowest BCUT2D eigenvalue weighted by Gasteiger charge is -2.16. The van der Waals surface area contributed by atoms with E-state index in [-0.39, 0.29) is 6.10 Å². The van der Waals surface area contributed by atoms with Gasteiger partial charge in [-0.15, -0.1) is 0 Å². The fraction of sp³-hybridized carbons (Fsp3) is 0.588. The van der Waals surface area contributed by atoms with Crippen molar-refractivity contribution in [1.29, 1.82) is 0 Å². The van der Waals surface area contributed by atoms with Crippen LogP contribution >= 0.6 is 12.2 Å². The largest absolute Gasteiger partial charge is 0.493 e. The number of methoxy groups -OCH3 is 1. The molecule has 22 heavy (non-hydrogen) atoms. The number of hydrogen-bond donors (Lipinski definition) is 0. The van der Waals surface area contributed by atoms with Gasteiger partial charge < -0.3 is 14.2 Å². The Morgan fingerprint density at radius 1 is 1.18 bits per heavy atom. The lowest BCUT2D eigenvalue weighted by Crippen LogP contribution is -2.25. The number of benzene rings is 1. The fourth-order valence-electron chi connectivity index (χ4n) is 3.12. The molecule has 5 heteroatoms. The van der Waals surface area contributed by atoms with E-state index >= 15 is 0 Å². The van der Waals surface area contributed by atoms with E-state index < -0.39 is 0 Å². The molecule has 1 aliphatic heterocycles. The summed E-state index contributed by atoms with van der Waals surface area (Å²) in [4.78, 5) is 2.00.